The molecular weight excluding hydrogens is 428 g/mol. The molecule has 0 spiro atoms. The van der Waals surface area contributed by atoms with Crippen molar-refractivity contribution in [2.75, 3.05) is 29.7 Å². The van der Waals surface area contributed by atoms with Gasteiger partial charge >= 0.3 is 6.03 Å². The van der Waals surface area contributed by atoms with Gasteiger partial charge in [0.2, 0.25) is 5.95 Å². The third-order valence-electron chi connectivity index (χ3n) is 4.77. The number of benzene rings is 3. The fraction of sp³-hybridized carbons (Fsp3) is 0.0870. The lowest BCUT2D eigenvalue weighted by molar-refractivity contribution is 0.253. The monoisotopic (exact) mass is 448 g/mol. The number of urea groups is 1. The molecule has 0 unspecified atom stereocenters. The van der Waals surface area contributed by atoms with E-state index < -0.39 is 6.03 Å². The lowest BCUT2D eigenvalue weighted by Crippen LogP contribution is -2.36. The maximum Gasteiger partial charge on any atom is 0.337 e. The van der Waals surface area contributed by atoms with Crippen molar-refractivity contribution in [3.8, 4) is 5.69 Å². The van der Waals surface area contributed by atoms with E-state index in [1.807, 2.05) is 37.2 Å². The van der Waals surface area contributed by atoms with Crippen LogP contribution in [0.2, 0.25) is 5.02 Å². The zero-order valence-electron chi connectivity index (χ0n) is 17.5. The summed E-state index contributed by atoms with van der Waals surface area (Å²) in [4.78, 5) is 32.1. The highest BCUT2D eigenvalue weighted by Crippen LogP contribution is 2.19. The van der Waals surface area contributed by atoms with Crippen molar-refractivity contribution in [3.05, 3.63) is 88.2 Å². The Morgan fingerprint density at radius 3 is 2.50 bits per heavy atom. The quantitative estimate of drug-likeness (QED) is 0.397. The van der Waals surface area contributed by atoms with Crippen LogP contribution in [0.4, 0.5) is 22.1 Å². The summed E-state index contributed by atoms with van der Waals surface area (Å²) in [6, 6.07) is 20.7. The van der Waals surface area contributed by atoms with Gasteiger partial charge in [0.05, 0.1) is 16.6 Å². The molecule has 0 fully saturated rings. The number of hydrogen-bond acceptors (Lipinski definition) is 5. The first-order valence-electron chi connectivity index (χ1n) is 9.80. The Morgan fingerprint density at radius 2 is 1.75 bits per heavy atom. The summed E-state index contributed by atoms with van der Waals surface area (Å²) in [6.07, 6.45) is 0. The molecule has 162 valence electrons. The molecule has 3 aromatic carbocycles. The Bertz CT molecular complexity index is 1330. The molecule has 0 aliphatic carbocycles. The molecule has 0 saturated carbocycles. The molecule has 0 bridgehead atoms. The smallest absolute Gasteiger partial charge is 0.337 e. The minimum atomic E-state index is -0.508. The van der Waals surface area contributed by atoms with Gasteiger partial charge in [0.25, 0.3) is 5.56 Å². The van der Waals surface area contributed by atoms with Crippen LogP contribution in [0.15, 0.2) is 77.6 Å². The summed E-state index contributed by atoms with van der Waals surface area (Å²) in [6.45, 7) is 0. The van der Waals surface area contributed by atoms with Gasteiger partial charge in [0, 0.05) is 30.5 Å². The minimum Gasteiger partial charge on any atom is -0.378 e. The molecule has 1 heterocycles. The van der Waals surface area contributed by atoms with Gasteiger partial charge < -0.3 is 10.2 Å². The number of carbonyl (C=O) groups is 1. The van der Waals surface area contributed by atoms with E-state index in [4.69, 9.17) is 11.6 Å². The number of para-hydroxylation sites is 1. The molecular formula is C23H21ClN6O2. The van der Waals surface area contributed by atoms with Gasteiger partial charge in [-0.15, -0.1) is 0 Å². The van der Waals surface area contributed by atoms with Crippen molar-refractivity contribution in [1.82, 2.24) is 15.0 Å². The molecule has 9 heteroatoms. The highest BCUT2D eigenvalue weighted by Gasteiger charge is 2.13. The van der Waals surface area contributed by atoms with Crippen LogP contribution in [-0.2, 0) is 0 Å². The SMILES string of the molecule is CN(C)c1cccc(NC(=O)NNc2nc3ccccc3c(=O)n2-c2ccc(Cl)cc2)c1. The number of halogens is 1. The molecule has 1 aromatic heterocycles. The standard InChI is InChI=1S/C23H21ClN6O2/c1-29(2)18-7-5-6-16(14-18)25-23(32)28-27-22-26-20-9-4-3-8-19(20)21(31)30(22)17-12-10-15(24)11-13-17/h3-14H,1-2H3,(H,26,27)(H2,25,28,32). The predicted octanol–water partition coefficient (Wildman–Crippen LogP) is 4.25. The topological polar surface area (TPSA) is 91.3 Å². The van der Waals surface area contributed by atoms with Crippen LogP contribution in [0, 0.1) is 0 Å². The van der Waals surface area contributed by atoms with E-state index in [9.17, 15) is 9.59 Å². The maximum absolute atomic E-state index is 13.2. The number of hydrogen-bond donors (Lipinski definition) is 3. The van der Waals surface area contributed by atoms with Gasteiger partial charge in [-0.1, -0.05) is 29.8 Å². The van der Waals surface area contributed by atoms with Crippen molar-refractivity contribution < 1.29 is 4.79 Å². The van der Waals surface area contributed by atoms with E-state index in [1.54, 1.807) is 54.6 Å². The Kier molecular flexibility index (Phi) is 5.96. The summed E-state index contributed by atoms with van der Waals surface area (Å²) in [5, 5.41) is 3.75. The van der Waals surface area contributed by atoms with Gasteiger partial charge in [-0.2, -0.15) is 0 Å². The van der Waals surface area contributed by atoms with Crippen LogP contribution in [0.3, 0.4) is 0 Å². The first-order valence-corrected chi connectivity index (χ1v) is 10.2. The number of amides is 2. The number of hydrazine groups is 1. The van der Waals surface area contributed by atoms with Crippen molar-refractivity contribution in [1.29, 1.82) is 0 Å². The highest BCUT2D eigenvalue weighted by atomic mass is 35.5. The van der Waals surface area contributed by atoms with Crippen LogP contribution in [0.25, 0.3) is 16.6 Å². The zero-order valence-corrected chi connectivity index (χ0v) is 18.2. The molecule has 32 heavy (non-hydrogen) atoms. The molecule has 0 saturated heterocycles. The number of aromatic nitrogens is 2. The summed E-state index contributed by atoms with van der Waals surface area (Å²) in [7, 11) is 3.84. The van der Waals surface area contributed by atoms with Crippen LogP contribution >= 0.6 is 11.6 Å². The average molecular weight is 449 g/mol. The second kappa shape index (κ2) is 8.99. The Balaban J connectivity index is 1.63. The van der Waals surface area contributed by atoms with E-state index in [0.29, 0.717) is 27.3 Å². The highest BCUT2D eigenvalue weighted by molar-refractivity contribution is 6.30. The second-order valence-electron chi connectivity index (χ2n) is 7.22. The van der Waals surface area contributed by atoms with Gasteiger partial charge in [0.1, 0.15) is 0 Å². The van der Waals surface area contributed by atoms with E-state index in [0.717, 1.165) is 5.69 Å². The van der Waals surface area contributed by atoms with Crippen molar-refractivity contribution in [2.24, 2.45) is 0 Å². The Hall–Kier alpha value is -4.04. The van der Waals surface area contributed by atoms with E-state index >= 15 is 0 Å². The first kappa shape index (κ1) is 21.2. The number of anilines is 3. The molecule has 0 aliphatic heterocycles. The molecule has 3 N–H and O–H groups in total. The molecule has 4 aromatic rings. The van der Waals surface area contributed by atoms with Gasteiger partial charge in [-0.05, 0) is 54.6 Å². The van der Waals surface area contributed by atoms with E-state index in [1.165, 1.54) is 4.57 Å². The number of nitrogens with one attached hydrogen (secondary N) is 3. The summed E-state index contributed by atoms with van der Waals surface area (Å²) >= 11 is 6.00. The van der Waals surface area contributed by atoms with Crippen LogP contribution in [-0.4, -0.2) is 29.7 Å². The normalized spacial score (nSPS) is 10.6. The van der Waals surface area contributed by atoms with E-state index in [2.05, 4.69) is 21.2 Å². The van der Waals surface area contributed by atoms with Crippen LogP contribution in [0.1, 0.15) is 0 Å². The fourth-order valence-electron chi connectivity index (χ4n) is 3.18. The number of carbonyl (C=O) groups excluding carboxylic acids is 1. The zero-order chi connectivity index (χ0) is 22.7. The summed E-state index contributed by atoms with van der Waals surface area (Å²) in [5.41, 5.74) is 7.67. The minimum absolute atomic E-state index is 0.160. The van der Waals surface area contributed by atoms with Crippen LogP contribution < -0.4 is 26.6 Å². The Morgan fingerprint density at radius 1 is 1.00 bits per heavy atom. The van der Waals surface area contributed by atoms with Gasteiger partial charge in [-0.25, -0.2) is 19.8 Å². The molecule has 0 atom stereocenters. The maximum atomic E-state index is 13.2. The Labute approximate surface area is 189 Å². The van der Waals surface area contributed by atoms with Crippen molar-refractivity contribution in [2.45, 2.75) is 0 Å². The first-order chi connectivity index (χ1) is 15.4. The summed E-state index contributed by atoms with van der Waals surface area (Å²) in [5.74, 6) is 0.160. The fourth-order valence-corrected chi connectivity index (χ4v) is 3.31. The van der Waals surface area contributed by atoms with Crippen LogP contribution in [0.5, 0.6) is 0 Å². The lowest BCUT2D eigenvalue weighted by Gasteiger charge is -2.16. The lowest BCUT2D eigenvalue weighted by atomic mass is 10.2. The molecule has 0 radical (unpaired) electrons. The number of nitrogens with zero attached hydrogens (tertiary/aromatic N) is 3. The third-order valence-corrected chi connectivity index (χ3v) is 5.02. The van der Waals surface area contributed by atoms with Crippen molar-refractivity contribution >= 4 is 45.9 Å². The molecule has 2 amide bonds. The predicted molar refractivity (Wildman–Crippen MR) is 129 cm³/mol. The van der Waals surface area contributed by atoms with Gasteiger partial charge in [-0.3, -0.25) is 10.2 Å². The molecule has 4 rings (SSSR count). The van der Waals surface area contributed by atoms with E-state index in [-0.39, 0.29) is 11.5 Å². The van der Waals surface area contributed by atoms with Gasteiger partial charge in [0.15, 0.2) is 0 Å². The average Bonchev–Trinajstić information content (AvgIpc) is 2.79. The largest absolute Gasteiger partial charge is 0.378 e. The number of rotatable bonds is 5. The second-order valence-corrected chi connectivity index (χ2v) is 7.65. The molecule has 0 aliphatic rings. The van der Waals surface area contributed by atoms with Crippen molar-refractivity contribution in [3.63, 3.8) is 0 Å². The molecule has 8 nitrogen and oxygen atoms in total. The summed E-state index contributed by atoms with van der Waals surface area (Å²) < 4.78 is 1.38. The number of fused-ring (bicyclic) bond motifs is 1. The third kappa shape index (κ3) is 4.50.